The van der Waals surface area contributed by atoms with Gasteiger partial charge in [0.05, 0.1) is 0 Å². The standard InChI is InChI=1S/C14H16N2OS/c17-14(7-10-3-5-15-9-10)16-12-1-2-13-11(8-12)4-6-18-13/h1-2,4,6,8,10,15H,3,5,7,9H2,(H,16,17). The number of fused-ring (bicyclic) bond motifs is 1. The normalized spacial score (nSPS) is 19.2. The highest BCUT2D eigenvalue weighted by atomic mass is 32.1. The summed E-state index contributed by atoms with van der Waals surface area (Å²) in [5.41, 5.74) is 0.900. The number of carbonyl (C=O) groups is 1. The van der Waals surface area contributed by atoms with Gasteiger partial charge in [0, 0.05) is 16.8 Å². The van der Waals surface area contributed by atoms with Crippen molar-refractivity contribution < 1.29 is 4.79 Å². The number of carbonyl (C=O) groups excluding carboxylic acids is 1. The molecule has 1 amide bonds. The van der Waals surface area contributed by atoms with E-state index in [2.05, 4.69) is 28.1 Å². The Morgan fingerprint density at radius 1 is 1.44 bits per heavy atom. The van der Waals surface area contributed by atoms with Gasteiger partial charge in [-0.1, -0.05) is 0 Å². The fourth-order valence-electron chi connectivity index (χ4n) is 2.41. The Balaban J connectivity index is 1.65. The van der Waals surface area contributed by atoms with Crippen molar-refractivity contribution in [3.05, 3.63) is 29.6 Å². The molecule has 3 rings (SSSR count). The fraction of sp³-hybridized carbons (Fsp3) is 0.357. The summed E-state index contributed by atoms with van der Waals surface area (Å²) in [7, 11) is 0. The third kappa shape index (κ3) is 2.54. The monoisotopic (exact) mass is 260 g/mol. The number of thiophene rings is 1. The molecular weight excluding hydrogens is 244 g/mol. The van der Waals surface area contributed by atoms with Gasteiger partial charge in [0.15, 0.2) is 0 Å². The molecule has 1 unspecified atom stereocenters. The van der Waals surface area contributed by atoms with Gasteiger partial charge in [-0.3, -0.25) is 4.79 Å². The van der Waals surface area contributed by atoms with Gasteiger partial charge in [0.2, 0.25) is 5.91 Å². The SMILES string of the molecule is O=C(CC1CCNC1)Nc1ccc2sccc2c1. The highest BCUT2D eigenvalue weighted by Crippen LogP contribution is 2.24. The zero-order chi connectivity index (χ0) is 12.4. The zero-order valence-corrected chi connectivity index (χ0v) is 10.9. The third-order valence-corrected chi connectivity index (χ3v) is 4.27. The average Bonchev–Trinajstić information content (AvgIpc) is 2.98. The predicted octanol–water partition coefficient (Wildman–Crippen LogP) is 2.84. The molecule has 0 radical (unpaired) electrons. The molecule has 0 spiro atoms. The number of anilines is 1. The number of nitrogens with one attached hydrogen (secondary N) is 2. The maximum atomic E-state index is 11.9. The molecule has 1 atom stereocenters. The van der Waals surface area contributed by atoms with Crippen LogP contribution in [0.3, 0.4) is 0 Å². The molecule has 1 saturated heterocycles. The van der Waals surface area contributed by atoms with E-state index in [4.69, 9.17) is 0 Å². The molecule has 18 heavy (non-hydrogen) atoms. The molecule has 0 aliphatic carbocycles. The van der Waals surface area contributed by atoms with Crippen LogP contribution in [0.15, 0.2) is 29.6 Å². The molecule has 2 N–H and O–H groups in total. The molecule has 2 aromatic rings. The minimum Gasteiger partial charge on any atom is -0.326 e. The van der Waals surface area contributed by atoms with Crippen molar-refractivity contribution in [2.45, 2.75) is 12.8 Å². The largest absolute Gasteiger partial charge is 0.326 e. The summed E-state index contributed by atoms with van der Waals surface area (Å²) in [5, 5.41) is 9.54. The van der Waals surface area contributed by atoms with Crippen LogP contribution in [0, 0.1) is 5.92 Å². The van der Waals surface area contributed by atoms with Crippen molar-refractivity contribution in [2.24, 2.45) is 5.92 Å². The predicted molar refractivity (Wildman–Crippen MR) is 76.0 cm³/mol. The van der Waals surface area contributed by atoms with E-state index in [9.17, 15) is 4.79 Å². The van der Waals surface area contributed by atoms with E-state index in [1.165, 1.54) is 10.1 Å². The van der Waals surface area contributed by atoms with Crippen molar-refractivity contribution in [3.63, 3.8) is 0 Å². The lowest BCUT2D eigenvalue weighted by Crippen LogP contribution is -2.18. The molecule has 4 heteroatoms. The van der Waals surface area contributed by atoms with Gasteiger partial charge in [0.1, 0.15) is 0 Å². The lowest BCUT2D eigenvalue weighted by atomic mass is 10.0. The van der Waals surface area contributed by atoms with E-state index < -0.39 is 0 Å². The second-order valence-corrected chi connectivity index (χ2v) is 5.73. The summed E-state index contributed by atoms with van der Waals surface area (Å²) >= 11 is 1.72. The van der Waals surface area contributed by atoms with Crippen molar-refractivity contribution in [1.29, 1.82) is 0 Å². The molecule has 0 bridgehead atoms. The first kappa shape index (κ1) is 11.7. The van der Waals surface area contributed by atoms with Crippen LogP contribution in [0.2, 0.25) is 0 Å². The average molecular weight is 260 g/mol. The lowest BCUT2D eigenvalue weighted by Gasteiger charge is -2.09. The van der Waals surface area contributed by atoms with Gasteiger partial charge >= 0.3 is 0 Å². The first-order valence-electron chi connectivity index (χ1n) is 6.29. The first-order valence-corrected chi connectivity index (χ1v) is 7.17. The summed E-state index contributed by atoms with van der Waals surface area (Å²) in [4.78, 5) is 11.9. The smallest absolute Gasteiger partial charge is 0.224 e. The van der Waals surface area contributed by atoms with Crippen LogP contribution in [-0.2, 0) is 4.79 Å². The second-order valence-electron chi connectivity index (χ2n) is 4.78. The summed E-state index contributed by atoms with van der Waals surface area (Å²) in [5.74, 6) is 0.619. The number of benzene rings is 1. The summed E-state index contributed by atoms with van der Waals surface area (Å²) in [6.07, 6.45) is 1.73. The van der Waals surface area contributed by atoms with Gasteiger partial charge in [0.25, 0.3) is 0 Å². The van der Waals surface area contributed by atoms with Crippen LogP contribution in [-0.4, -0.2) is 19.0 Å². The van der Waals surface area contributed by atoms with E-state index in [1.54, 1.807) is 11.3 Å². The Labute approximate surface area is 110 Å². The van der Waals surface area contributed by atoms with E-state index in [-0.39, 0.29) is 5.91 Å². The van der Waals surface area contributed by atoms with Crippen LogP contribution < -0.4 is 10.6 Å². The van der Waals surface area contributed by atoms with Gasteiger partial charge < -0.3 is 10.6 Å². The molecule has 1 aromatic carbocycles. The Morgan fingerprint density at radius 3 is 3.22 bits per heavy atom. The lowest BCUT2D eigenvalue weighted by molar-refractivity contribution is -0.116. The van der Waals surface area contributed by atoms with Crippen LogP contribution in [0.5, 0.6) is 0 Å². The maximum Gasteiger partial charge on any atom is 0.224 e. The molecule has 1 aliphatic heterocycles. The maximum absolute atomic E-state index is 11.9. The molecule has 2 heterocycles. The third-order valence-electron chi connectivity index (χ3n) is 3.37. The van der Waals surface area contributed by atoms with E-state index >= 15 is 0 Å². The minimum absolute atomic E-state index is 0.123. The topological polar surface area (TPSA) is 41.1 Å². The molecule has 0 saturated carbocycles. The number of rotatable bonds is 3. The van der Waals surface area contributed by atoms with Crippen molar-refractivity contribution in [2.75, 3.05) is 18.4 Å². The Bertz CT molecular complexity index is 558. The summed E-state index contributed by atoms with van der Waals surface area (Å²) in [6.45, 7) is 2.01. The number of hydrogen-bond donors (Lipinski definition) is 2. The summed E-state index contributed by atoms with van der Waals surface area (Å²) < 4.78 is 1.26. The number of amides is 1. The van der Waals surface area contributed by atoms with Crippen molar-refractivity contribution in [3.8, 4) is 0 Å². The Morgan fingerprint density at radius 2 is 2.39 bits per heavy atom. The number of hydrogen-bond acceptors (Lipinski definition) is 3. The van der Waals surface area contributed by atoms with Crippen molar-refractivity contribution in [1.82, 2.24) is 5.32 Å². The summed E-state index contributed by atoms with van der Waals surface area (Å²) in [6, 6.07) is 8.16. The highest BCUT2D eigenvalue weighted by molar-refractivity contribution is 7.17. The highest BCUT2D eigenvalue weighted by Gasteiger charge is 2.17. The van der Waals surface area contributed by atoms with Gasteiger partial charge in [-0.15, -0.1) is 11.3 Å². The molecule has 3 nitrogen and oxygen atoms in total. The fourth-order valence-corrected chi connectivity index (χ4v) is 3.18. The van der Waals surface area contributed by atoms with Crippen LogP contribution in [0.1, 0.15) is 12.8 Å². The zero-order valence-electron chi connectivity index (χ0n) is 10.1. The Kier molecular flexibility index (Phi) is 3.30. The van der Waals surface area contributed by atoms with Gasteiger partial charge in [-0.05, 0) is 60.5 Å². The Hall–Kier alpha value is -1.39. The van der Waals surface area contributed by atoms with Crippen molar-refractivity contribution >= 4 is 33.0 Å². The van der Waals surface area contributed by atoms with Crippen LogP contribution >= 0.6 is 11.3 Å². The van der Waals surface area contributed by atoms with E-state index in [0.717, 1.165) is 25.2 Å². The molecule has 1 fully saturated rings. The second kappa shape index (κ2) is 5.08. The van der Waals surface area contributed by atoms with E-state index in [1.807, 2.05) is 12.1 Å². The molecule has 1 aromatic heterocycles. The first-order chi connectivity index (χ1) is 8.81. The van der Waals surface area contributed by atoms with Gasteiger partial charge in [-0.25, -0.2) is 0 Å². The van der Waals surface area contributed by atoms with Crippen LogP contribution in [0.25, 0.3) is 10.1 Å². The molecular formula is C14H16N2OS. The molecule has 94 valence electrons. The quantitative estimate of drug-likeness (QED) is 0.891. The van der Waals surface area contributed by atoms with E-state index in [0.29, 0.717) is 12.3 Å². The minimum atomic E-state index is 0.123. The van der Waals surface area contributed by atoms with Crippen LogP contribution in [0.4, 0.5) is 5.69 Å². The molecule has 1 aliphatic rings. The van der Waals surface area contributed by atoms with Gasteiger partial charge in [-0.2, -0.15) is 0 Å².